The van der Waals surface area contributed by atoms with Gasteiger partial charge in [0.1, 0.15) is 0 Å². The van der Waals surface area contributed by atoms with Gasteiger partial charge in [0.2, 0.25) is 0 Å². The van der Waals surface area contributed by atoms with Gasteiger partial charge in [-0.1, -0.05) is 51.1 Å². The average molecular weight is 377 g/mol. The third kappa shape index (κ3) is 3.99. The topological polar surface area (TPSA) is 34.0 Å². The van der Waals surface area contributed by atoms with Crippen molar-refractivity contribution < 1.29 is 4.79 Å². The highest BCUT2D eigenvalue weighted by molar-refractivity contribution is 5.98. The zero-order valence-electron chi connectivity index (χ0n) is 18.1. The van der Waals surface area contributed by atoms with Crippen LogP contribution in [0.25, 0.3) is 10.9 Å². The number of hydrogen-bond donors (Lipinski definition) is 1. The molecule has 1 N–H and O–H groups in total. The van der Waals surface area contributed by atoms with E-state index in [9.17, 15) is 4.79 Å². The molecule has 0 fully saturated rings. The number of nitrogens with one attached hydrogen (secondary N) is 1. The molecule has 0 aliphatic carbocycles. The summed E-state index contributed by atoms with van der Waals surface area (Å²) in [5.41, 5.74) is 5.57. The maximum Gasteiger partial charge on any atom is 0.251 e. The SMILES string of the molecule is Cc1cc2ccc(C(=O)N[C@@H](C)c3ccc(C(C)(C)C)cc3)cc2n1C(C)C. The van der Waals surface area contributed by atoms with E-state index >= 15 is 0 Å². The molecule has 2 aromatic carbocycles. The van der Waals surface area contributed by atoms with Gasteiger partial charge in [-0.3, -0.25) is 4.79 Å². The Labute approximate surface area is 168 Å². The van der Waals surface area contributed by atoms with Crippen molar-refractivity contribution in [2.75, 3.05) is 0 Å². The normalized spacial score (nSPS) is 13.1. The molecular weight excluding hydrogens is 344 g/mol. The van der Waals surface area contributed by atoms with E-state index in [4.69, 9.17) is 0 Å². The molecular formula is C25H32N2O. The van der Waals surface area contributed by atoms with Crippen molar-refractivity contribution in [3.8, 4) is 0 Å². The van der Waals surface area contributed by atoms with E-state index in [1.54, 1.807) is 0 Å². The number of benzene rings is 2. The molecule has 0 aliphatic rings. The first-order valence-electron chi connectivity index (χ1n) is 10.1. The Morgan fingerprint density at radius 2 is 1.61 bits per heavy atom. The van der Waals surface area contributed by atoms with Crippen LogP contribution in [0.5, 0.6) is 0 Å². The molecule has 3 heteroatoms. The Bertz CT molecular complexity index is 988. The molecule has 0 bridgehead atoms. The standard InChI is InChI=1S/C25H32N2O/c1-16(2)27-17(3)14-20-8-9-21(15-23(20)27)24(28)26-18(4)19-10-12-22(13-11-19)25(5,6)7/h8-16,18H,1-7H3,(H,26,28)/t18-/m0/s1. The molecule has 3 aromatic rings. The van der Waals surface area contributed by atoms with Crippen LogP contribution in [-0.4, -0.2) is 10.5 Å². The van der Waals surface area contributed by atoms with E-state index in [1.165, 1.54) is 16.6 Å². The quantitative estimate of drug-likeness (QED) is 0.568. The second-order valence-corrected chi connectivity index (χ2v) is 9.09. The first-order valence-corrected chi connectivity index (χ1v) is 10.1. The number of carbonyl (C=O) groups excluding carboxylic acids is 1. The Kier molecular flexibility index (Phi) is 5.38. The molecule has 0 aliphatic heterocycles. The lowest BCUT2D eigenvalue weighted by atomic mass is 9.86. The summed E-state index contributed by atoms with van der Waals surface area (Å²) in [6.07, 6.45) is 0. The van der Waals surface area contributed by atoms with Crippen molar-refractivity contribution in [2.24, 2.45) is 0 Å². The van der Waals surface area contributed by atoms with E-state index in [2.05, 4.69) is 81.8 Å². The molecule has 28 heavy (non-hydrogen) atoms. The number of hydrogen-bond acceptors (Lipinski definition) is 1. The van der Waals surface area contributed by atoms with Gasteiger partial charge in [-0.2, -0.15) is 0 Å². The maximum atomic E-state index is 12.9. The molecule has 148 valence electrons. The summed E-state index contributed by atoms with van der Waals surface area (Å²) in [5, 5.41) is 4.32. The molecule has 3 nitrogen and oxygen atoms in total. The highest BCUT2D eigenvalue weighted by atomic mass is 16.1. The Morgan fingerprint density at radius 1 is 0.964 bits per heavy atom. The number of amides is 1. The first-order chi connectivity index (χ1) is 13.1. The number of aryl methyl sites for hydroxylation is 1. The minimum absolute atomic E-state index is 0.0385. The zero-order chi connectivity index (χ0) is 20.6. The Hall–Kier alpha value is -2.55. The summed E-state index contributed by atoms with van der Waals surface area (Å²) >= 11 is 0. The number of nitrogens with zero attached hydrogens (tertiary/aromatic N) is 1. The predicted octanol–water partition coefficient (Wildman–Crippen LogP) is 6.32. The van der Waals surface area contributed by atoms with Crippen LogP contribution in [0.3, 0.4) is 0 Å². The van der Waals surface area contributed by atoms with Gasteiger partial charge in [0.05, 0.1) is 6.04 Å². The van der Waals surface area contributed by atoms with Crippen LogP contribution in [-0.2, 0) is 5.41 Å². The summed E-state index contributed by atoms with van der Waals surface area (Å²) in [6.45, 7) is 15.1. The summed E-state index contributed by atoms with van der Waals surface area (Å²) in [4.78, 5) is 12.9. The van der Waals surface area contributed by atoms with E-state index in [-0.39, 0.29) is 17.4 Å². The molecule has 0 saturated heterocycles. The summed E-state index contributed by atoms with van der Waals surface area (Å²) < 4.78 is 2.28. The van der Waals surface area contributed by atoms with Gasteiger partial charge in [0, 0.05) is 22.8 Å². The number of fused-ring (bicyclic) bond motifs is 1. The van der Waals surface area contributed by atoms with Gasteiger partial charge in [-0.15, -0.1) is 0 Å². The van der Waals surface area contributed by atoms with Crippen molar-refractivity contribution in [1.82, 2.24) is 9.88 Å². The van der Waals surface area contributed by atoms with Crippen LogP contribution in [0, 0.1) is 6.92 Å². The van der Waals surface area contributed by atoms with Gasteiger partial charge in [0.15, 0.2) is 0 Å². The monoisotopic (exact) mass is 376 g/mol. The van der Waals surface area contributed by atoms with Crippen molar-refractivity contribution >= 4 is 16.8 Å². The van der Waals surface area contributed by atoms with Crippen LogP contribution < -0.4 is 5.32 Å². The van der Waals surface area contributed by atoms with Gasteiger partial charge in [0.25, 0.3) is 5.91 Å². The first kappa shape index (κ1) is 20.2. The van der Waals surface area contributed by atoms with Crippen LogP contribution in [0.15, 0.2) is 48.5 Å². The molecule has 1 aromatic heterocycles. The molecule has 1 heterocycles. The Morgan fingerprint density at radius 3 is 2.18 bits per heavy atom. The third-order valence-electron chi connectivity index (χ3n) is 5.44. The fourth-order valence-electron chi connectivity index (χ4n) is 3.82. The molecule has 0 unspecified atom stereocenters. The maximum absolute atomic E-state index is 12.9. The number of carbonyl (C=O) groups is 1. The third-order valence-corrected chi connectivity index (χ3v) is 5.44. The van der Waals surface area contributed by atoms with Crippen LogP contribution >= 0.6 is 0 Å². The molecule has 3 rings (SSSR count). The largest absolute Gasteiger partial charge is 0.346 e. The van der Waals surface area contributed by atoms with Gasteiger partial charge >= 0.3 is 0 Å². The minimum Gasteiger partial charge on any atom is -0.346 e. The molecule has 1 atom stereocenters. The van der Waals surface area contributed by atoms with Crippen LogP contribution in [0.2, 0.25) is 0 Å². The molecule has 0 radical (unpaired) electrons. The molecule has 1 amide bonds. The summed E-state index contributed by atoms with van der Waals surface area (Å²) in [5.74, 6) is -0.0385. The predicted molar refractivity (Wildman–Crippen MR) is 118 cm³/mol. The average Bonchev–Trinajstić information content (AvgIpc) is 2.95. The summed E-state index contributed by atoms with van der Waals surface area (Å²) in [7, 11) is 0. The second-order valence-electron chi connectivity index (χ2n) is 9.09. The van der Waals surface area contributed by atoms with Crippen molar-refractivity contribution in [2.45, 2.75) is 66.0 Å². The van der Waals surface area contributed by atoms with E-state index in [0.717, 1.165) is 11.1 Å². The fourth-order valence-corrected chi connectivity index (χ4v) is 3.82. The van der Waals surface area contributed by atoms with Crippen LogP contribution in [0.1, 0.15) is 80.8 Å². The van der Waals surface area contributed by atoms with Gasteiger partial charge in [-0.25, -0.2) is 0 Å². The lowest BCUT2D eigenvalue weighted by molar-refractivity contribution is 0.0940. The Balaban J connectivity index is 1.81. The summed E-state index contributed by atoms with van der Waals surface area (Å²) in [6, 6.07) is 17.0. The highest BCUT2D eigenvalue weighted by Gasteiger charge is 2.17. The lowest BCUT2D eigenvalue weighted by Gasteiger charge is -2.21. The van der Waals surface area contributed by atoms with Crippen LogP contribution in [0.4, 0.5) is 0 Å². The van der Waals surface area contributed by atoms with Crippen molar-refractivity contribution in [3.05, 3.63) is 70.9 Å². The van der Waals surface area contributed by atoms with E-state index in [0.29, 0.717) is 11.6 Å². The van der Waals surface area contributed by atoms with E-state index in [1.807, 2.05) is 25.1 Å². The second kappa shape index (κ2) is 7.46. The van der Waals surface area contributed by atoms with Crippen molar-refractivity contribution in [1.29, 1.82) is 0 Å². The van der Waals surface area contributed by atoms with Gasteiger partial charge < -0.3 is 9.88 Å². The smallest absolute Gasteiger partial charge is 0.251 e. The lowest BCUT2D eigenvalue weighted by Crippen LogP contribution is -2.26. The number of aromatic nitrogens is 1. The highest BCUT2D eigenvalue weighted by Crippen LogP contribution is 2.26. The molecule has 0 saturated carbocycles. The van der Waals surface area contributed by atoms with Gasteiger partial charge in [-0.05, 0) is 67.8 Å². The fraction of sp³-hybridized carbons (Fsp3) is 0.400. The van der Waals surface area contributed by atoms with E-state index < -0.39 is 0 Å². The minimum atomic E-state index is -0.0455. The number of rotatable bonds is 4. The zero-order valence-corrected chi connectivity index (χ0v) is 18.1. The van der Waals surface area contributed by atoms with Crippen molar-refractivity contribution in [3.63, 3.8) is 0 Å². The molecule has 0 spiro atoms.